The molecule has 0 bridgehead atoms. The van der Waals surface area contributed by atoms with Gasteiger partial charge >= 0.3 is 6.18 Å². The van der Waals surface area contributed by atoms with E-state index in [9.17, 15) is 13.2 Å². The fourth-order valence-electron chi connectivity index (χ4n) is 5.18. The quantitative estimate of drug-likeness (QED) is 0.620. The third-order valence-corrected chi connectivity index (χ3v) is 6.91. The molecule has 9 heteroatoms. The largest absolute Gasteiger partial charge is 0.419 e. The zero-order valence-electron chi connectivity index (χ0n) is 18.8. The van der Waals surface area contributed by atoms with Gasteiger partial charge in [0.15, 0.2) is 0 Å². The van der Waals surface area contributed by atoms with Crippen molar-refractivity contribution in [1.29, 1.82) is 0 Å². The molecule has 4 rings (SSSR count). The minimum Gasteiger partial charge on any atom is -0.398 e. The first-order chi connectivity index (χ1) is 15.0. The van der Waals surface area contributed by atoms with Crippen LogP contribution in [0.3, 0.4) is 0 Å². The second-order valence-corrected chi connectivity index (χ2v) is 9.72. The minimum atomic E-state index is -4.58. The van der Waals surface area contributed by atoms with E-state index < -0.39 is 17.6 Å². The smallest absolute Gasteiger partial charge is 0.398 e. The number of nitrogens with zero attached hydrogens (tertiary/aromatic N) is 3. The molecule has 1 aromatic rings. The predicted molar refractivity (Wildman–Crippen MR) is 119 cm³/mol. The van der Waals surface area contributed by atoms with E-state index in [0.29, 0.717) is 29.7 Å². The Labute approximate surface area is 186 Å². The lowest BCUT2D eigenvalue weighted by Gasteiger charge is -2.34. The summed E-state index contributed by atoms with van der Waals surface area (Å²) >= 11 is 0. The number of aromatic nitrogens is 1. The van der Waals surface area contributed by atoms with Gasteiger partial charge in [0.05, 0.1) is 18.8 Å². The second-order valence-electron chi connectivity index (χ2n) is 9.72. The highest BCUT2D eigenvalue weighted by Gasteiger charge is 2.58. The molecule has 0 radical (unpaired) electrons. The highest BCUT2D eigenvalue weighted by molar-refractivity contribution is 6.04. The van der Waals surface area contributed by atoms with Crippen molar-refractivity contribution >= 4 is 17.2 Å². The van der Waals surface area contributed by atoms with Gasteiger partial charge in [-0.15, -0.1) is 0 Å². The summed E-state index contributed by atoms with van der Waals surface area (Å²) in [5.41, 5.74) is 12.0. The standard InChI is InChI=1S/C23H32F3N5O/c1-12(2)30-20(7-19(27)14-4-18(23(24,25)26)22(28)29-8-14)21-16-5-15(6-17(16)21)31(3)9-13-10-32-11-13/h4,7-8,12-13,15-17,21H,5-6,9-11,27H2,1-3H3,(H2,28,29)/t15?,16-,17+,21?. The number of alkyl halides is 3. The number of nitrogen functional groups attached to an aromatic ring is 1. The SMILES string of the molecule is CC(C)N=C(C=C(N)c1cnc(N)c(C(F)(F)F)c1)C1[C@H]2CC(N(C)CC3COC3)C[C@@H]12. The molecule has 2 saturated carbocycles. The molecule has 3 fully saturated rings. The van der Waals surface area contributed by atoms with E-state index in [4.69, 9.17) is 21.2 Å². The first kappa shape index (κ1) is 23.0. The van der Waals surface area contributed by atoms with Crippen LogP contribution in [0.4, 0.5) is 19.0 Å². The fraction of sp³-hybridized carbons (Fsp3) is 0.652. The first-order valence-electron chi connectivity index (χ1n) is 11.2. The molecule has 2 aliphatic carbocycles. The topological polar surface area (TPSA) is 89.8 Å². The monoisotopic (exact) mass is 451 g/mol. The molecule has 3 aliphatic rings. The minimum absolute atomic E-state index is 0.0720. The highest BCUT2D eigenvalue weighted by Crippen LogP contribution is 2.59. The van der Waals surface area contributed by atoms with Crippen molar-refractivity contribution in [2.45, 2.75) is 44.9 Å². The normalized spacial score (nSPS) is 28.9. The number of fused-ring (bicyclic) bond motifs is 1. The maximum absolute atomic E-state index is 13.2. The molecular formula is C23H32F3N5O. The molecule has 0 aromatic carbocycles. The van der Waals surface area contributed by atoms with Crippen LogP contribution in [0.5, 0.6) is 0 Å². The van der Waals surface area contributed by atoms with Crippen molar-refractivity contribution in [2.24, 2.45) is 34.4 Å². The van der Waals surface area contributed by atoms with Crippen molar-refractivity contribution in [3.63, 3.8) is 0 Å². The van der Waals surface area contributed by atoms with Gasteiger partial charge in [-0.25, -0.2) is 4.98 Å². The predicted octanol–water partition coefficient (Wildman–Crippen LogP) is 3.43. The molecular weight excluding hydrogens is 419 g/mol. The Morgan fingerprint density at radius 2 is 1.97 bits per heavy atom. The molecule has 1 saturated heterocycles. The number of anilines is 1. The van der Waals surface area contributed by atoms with Crippen molar-refractivity contribution in [3.8, 4) is 0 Å². The Hall–Kier alpha value is -2.13. The molecule has 176 valence electrons. The Morgan fingerprint density at radius 1 is 1.31 bits per heavy atom. The maximum atomic E-state index is 13.2. The summed E-state index contributed by atoms with van der Waals surface area (Å²) in [5.74, 6) is 1.51. The molecule has 2 unspecified atom stereocenters. The summed E-state index contributed by atoms with van der Waals surface area (Å²) < 4.78 is 44.9. The summed E-state index contributed by atoms with van der Waals surface area (Å²) in [7, 11) is 2.19. The summed E-state index contributed by atoms with van der Waals surface area (Å²) in [6.07, 6.45) is 0.674. The van der Waals surface area contributed by atoms with Crippen LogP contribution in [-0.4, -0.2) is 54.5 Å². The van der Waals surface area contributed by atoms with Crippen LogP contribution < -0.4 is 11.5 Å². The lowest BCUT2D eigenvalue weighted by atomic mass is 9.99. The van der Waals surface area contributed by atoms with E-state index in [0.717, 1.165) is 44.4 Å². The fourth-order valence-corrected chi connectivity index (χ4v) is 5.18. The Bertz CT molecular complexity index is 897. The van der Waals surface area contributed by atoms with Gasteiger partial charge in [-0.3, -0.25) is 4.99 Å². The van der Waals surface area contributed by atoms with Gasteiger partial charge in [0.1, 0.15) is 5.82 Å². The van der Waals surface area contributed by atoms with Gasteiger partial charge in [-0.05, 0) is 57.7 Å². The van der Waals surface area contributed by atoms with E-state index in [1.54, 1.807) is 6.08 Å². The molecule has 32 heavy (non-hydrogen) atoms. The zero-order valence-corrected chi connectivity index (χ0v) is 18.8. The number of allylic oxidation sites excluding steroid dienone is 1. The molecule has 4 N–H and O–H groups in total. The van der Waals surface area contributed by atoms with Crippen LogP contribution in [0, 0.1) is 23.7 Å². The van der Waals surface area contributed by atoms with Gasteiger partial charge in [-0.1, -0.05) is 0 Å². The average Bonchev–Trinajstić information content (AvgIpc) is 3.16. The Balaban J connectivity index is 1.47. The lowest BCUT2D eigenvalue weighted by molar-refractivity contribution is -0.137. The molecule has 0 amide bonds. The van der Waals surface area contributed by atoms with Gasteiger partial charge in [0.25, 0.3) is 0 Å². The maximum Gasteiger partial charge on any atom is 0.419 e. The second kappa shape index (κ2) is 8.67. The summed E-state index contributed by atoms with van der Waals surface area (Å²) in [4.78, 5) is 10.9. The van der Waals surface area contributed by atoms with Gasteiger partial charge in [-0.2, -0.15) is 13.2 Å². The average molecular weight is 452 g/mol. The van der Waals surface area contributed by atoms with Crippen LogP contribution in [0.1, 0.15) is 37.8 Å². The van der Waals surface area contributed by atoms with E-state index in [2.05, 4.69) is 16.9 Å². The number of halogens is 3. The summed E-state index contributed by atoms with van der Waals surface area (Å²) in [6.45, 7) is 6.77. The van der Waals surface area contributed by atoms with Crippen LogP contribution in [-0.2, 0) is 10.9 Å². The molecule has 4 atom stereocenters. The van der Waals surface area contributed by atoms with E-state index in [1.807, 2.05) is 13.8 Å². The number of nitrogens with two attached hydrogens (primary N) is 2. The third-order valence-electron chi connectivity index (χ3n) is 6.91. The Morgan fingerprint density at radius 3 is 2.50 bits per heavy atom. The third kappa shape index (κ3) is 4.78. The van der Waals surface area contributed by atoms with Gasteiger partial charge in [0, 0.05) is 53.6 Å². The number of rotatable bonds is 7. The number of hydrogen-bond donors (Lipinski definition) is 2. The van der Waals surface area contributed by atoms with Crippen LogP contribution in [0.2, 0.25) is 0 Å². The molecule has 6 nitrogen and oxygen atoms in total. The van der Waals surface area contributed by atoms with E-state index in [-0.39, 0.29) is 17.3 Å². The van der Waals surface area contributed by atoms with Crippen LogP contribution in [0.15, 0.2) is 23.3 Å². The highest BCUT2D eigenvalue weighted by atomic mass is 19.4. The first-order valence-corrected chi connectivity index (χ1v) is 11.2. The summed E-state index contributed by atoms with van der Waals surface area (Å²) in [6, 6.07) is 1.60. The number of pyridine rings is 1. The van der Waals surface area contributed by atoms with Gasteiger partial charge < -0.3 is 21.1 Å². The van der Waals surface area contributed by atoms with Crippen molar-refractivity contribution in [3.05, 3.63) is 29.5 Å². The Kier molecular flexibility index (Phi) is 6.24. The molecule has 2 heterocycles. The number of aliphatic imine (C=N–C) groups is 1. The van der Waals surface area contributed by atoms with Crippen molar-refractivity contribution < 1.29 is 17.9 Å². The lowest BCUT2D eigenvalue weighted by Crippen LogP contribution is -2.42. The van der Waals surface area contributed by atoms with Crippen LogP contribution >= 0.6 is 0 Å². The van der Waals surface area contributed by atoms with Gasteiger partial charge in [0.2, 0.25) is 0 Å². The summed E-state index contributed by atoms with van der Waals surface area (Å²) in [5, 5.41) is 0. The molecule has 0 spiro atoms. The van der Waals surface area contributed by atoms with Crippen molar-refractivity contribution in [2.75, 3.05) is 32.5 Å². The van der Waals surface area contributed by atoms with Crippen molar-refractivity contribution in [1.82, 2.24) is 9.88 Å². The number of hydrogen-bond acceptors (Lipinski definition) is 6. The molecule has 1 aromatic heterocycles. The van der Waals surface area contributed by atoms with E-state index >= 15 is 0 Å². The van der Waals surface area contributed by atoms with E-state index in [1.165, 1.54) is 6.20 Å². The zero-order chi connectivity index (χ0) is 23.2. The number of ether oxygens (including phenoxy) is 1. The van der Waals surface area contributed by atoms with Crippen LogP contribution in [0.25, 0.3) is 5.70 Å². The molecule has 1 aliphatic heterocycles.